The lowest BCUT2D eigenvalue weighted by Gasteiger charge is -2.24. The summed E-state index contributed by atoms with van der Waals surface area (Å²) in [5, 5.41) is 3.13. The van der Waals surface area contributed by atoms with Crippen LogP contribution in [0.2, 0.25) is 0 Å². The number of nitrogens with one attached hydrogen (secondary N) is 1. The molecule has 0 atom stereocenters. The molecule has 1 fully saturated rings. The van der Waals surface area contributed by atoms with Gasteiger partial charge in [0.1, 0.15) is 0 Å². The first-order chi connectivity index (χ1) is 20.9. The molecule has 0 bridgehead atoms. The van der Waals surface area contributed by atoms with E-state index >= 15 is 0 Å². The highest BCUT2D eigenvalue weighted by molar-refractivity contribution is 6.06. The fraction of sp³-hybridized carbons (Fsp3) is 0.306. The Hall–Kier alpha value is -4.49. The van der Waals surface area contributed by atoms with Crippen molar-refractivity contribution in [2.75, 3.05) is 23.8 Å². The van der Waals surface area contributed by atoms with Gasteiger partial charge in [0.05, 0.1) is 16.9 Å². The van der Waals surface area contributed by atoms with Crippen molar-refractivity contribution in [3.63, 3.8) is 0 Å². The van der Waals surface area contributed by atoms with E-state index < -0.39 is 0 Å². The molecule has 0 spiro atoms. The molecule has 3 N–H and O–H groups in total. The first-order valence-electron chi connectivity index (χ1n) is 15.2. The van der Waals surface area contributed by atoms with Crippen LogP contribution in [0.3, 0.4) is 0 Å². The van der Waals surface area contributed by atoms with Gasteiger partial charge in [0.25, 0.3) is 5.91 Å². The number of benzene rings is 3. The highest BCUT2D eigenvalue weighted by Crippen LogP contribution is 2.34. The third-order valence-corrected chi connectivity index (χ3v) is 7.90. The Morgan fingerprint density at radius 1 is 0.907 bits per heavy atom. The molecule has 222 valence electrons. The fourth-order valence-corrected chi connectivity index (χ4v) is 5.30. The standard InChI is InChI=1S/C36H41N5O2/c1-3-4-18-40(2)34-16-15-31(21-33(34)39-35(42)32-12-7-17-38-23-32)30-11-6-10-28(20-30)25-41(36(43)29-13-14-29)24-27-9-5-8-26(19-27)22-37/h5-12,15-17,19-21,23,29H,3-4,13-14,18,22,24-25,37H2,1-2H3,(H,39,42). The molecule has 1 aliphatic rings. The van der Waals surface area contributed by atoms with E-state index in [0.29, 0.717) is 25.2 Å². The van der Waals surface area contributed by atoms with Crippen LogP contribution >= 0.6 is 0 Å². The largest absolute Gasteiger partial charge is 0.373 e. The molecule has 0 unspecified atom stereocenters. The Balaban J connectivity index is 1.41. The number of hydrogen-bond acceptors (Lipinski definition) is 5. The van der Waals surface area contributed by atoms with Crippen LogP contribution in [-0.4, -0.2) is 35.3 Å². The highest BCUT2D eigenvalue weighted by Gasteiger charge is 2.33. The Morgan fingerprint density at radius 2 is 1.63 bits per heavy atom. The smallest absolute Gasteiger partial charge is 0.257 e. The minimum absolute atomic E-state index is 0.129. The third kappa shape index (κ3) is 7.87. The molecule has 1 aliphatic carbocycles. The van der Waals surface area contributed by atoms with Gasteiger partial charge in [-0.25, -0.2) is 0 Å². The Kier molecular flexibility index (Phi) is 9.84. The number of rotatable bonds is 13. The lowest BCUT2D eigenvalue weighted by Crippen LogP contribution is -2.31. The predicted octanol–water partition coefficient (Wildman–Crippen LogP) is 6.63. The zero-order valence-corrected chi connectivity index (χ0v) is 25.1. The molecule has 2 amide bonds. The lowest BCUT2D eigenvalue weighted by molar-refractivity contribution is -0.133. The number of nitrogens with two attached hydrogens (primary N) is 1. The molecule has 3 aromatic carbocycles. The second kappa shape index (κ2) is 14.1. The van der Waals surface area contributed by atoms with Gasteiger partial charge in [0.15, 0.2) is 0 Å². The SMILES string of the molecule is CCCCN(C)c1ccc(-c2cccc(CN(Cc3cccc(CN)c3)C(=O)C3CC3)c2)cc1NC(=O)c1cccnc1. The van der Waals surface area contributed by atoms with Crippen molar-refractivity contribution in [1.82, 2.24) is 9.88 Å². The number of carbonyl (C=O) groups excluding carboxylic acids is 2. The maximum atomic E-state index is 13.3. The monoisotopic (exact) mass is 575 g/mol. The van der Waals surface area contributed by atoms with Crippen molar-refractivity contribution in [1.29, 1.82) is 0 Å². The number of amides is 2. The quantitative estimate of drug-likeness (QED) is 0.187. The molecule has 0 saturated heterocycles. The predicted molar refractivity (Wildman–Crippen MR) is 174 cm³/mol. The number of nitrogens with zero attached hydrogens (tertiary/aromatic N) is 3. The van der Waals surface area contributed by atoms with E-state index in [9.17, 15) is 9.59 Å². The molecule has 0 aliphatic heterocycles. The normalized spacial score (nSPS) is 12.5. The van der Waals surface area contributed by atoms with E-state index in [-0.39, 0.29) is 17.7 Å². The Labute approximate surface area is 254 Å². The summed E-state index contributed by atoms with van der Waals surface area (Å²) in [7, 11) is 2.06. The summed E-state index contributed by atoms with van der Waals surface area (Å²) in [6.45, 7) is 4.62. The van der Waals surface area contributed by atoms with Gasteiger partial charge in [-0.1, -0.05) is 61.9 Å². The molecule has 4 aromatic rings. The molecule has 7 nitrogen and oxygen atoms in total. The van der Waals surface area contributed by atoms with Gasteiger partial charge < -0.3 is 20.9 Å². The minimum Gasteiger partial charge on any atom is -0.373 e. The number of aromatic nitrogens is 1. The molecule has 5 rings (SSSR count). The van der Waals surface area contributed by atoms with Crippen molar-refractivity contribution < 1.29 is 9.59 Å². The first kappa shape index (κ1) is 30.0. The number of anilines is 2. The Morgan fingerprint density at radius 3 is 2.33 bits per heavy atom. The average Bonchev–Trinajstić information content (AvgIpc) is 3.89. The van der Waals surface area contributed by atoms with Gasteiger partial charge in [-0.2, -0.15) is 0 Å². The number of pyridine rings is 1. The van der Waals surface area contributed by atoms with Crippen LogP contribution in [0.1, 0.15) is 59.7 Å². The van der Waals surface area contributed by atoms with Crippen molar-refractivity contribution in [2.24, 2.45) is 11.7 Å². The number of carbonyl (C=O) groups is 2. The van der Waals surface area contributed by atoms with Crippen LogP contribution in [0.15, 0.2) is 91.3 Å². The summed E-state index contributed by atoms with van der Waals surface area (Å²) in [5.41, 5.74) is 13.3. The van der Waals surface area contributed by atoms with Crippen LogP contribution in [-0.2, 0) is 24.4 Å². The van der Waals surface area contributed by atoms with Crippen LogP contribution in [0.25, 0.3) is 11.1 Å². The van der Waals surface area contributed by atoms with Crippen molar-refractivity contribution >= 4 is 23.2 Å². The van der Waals surface area contributed by atoms with Gasteiger partial charge in [0, 0.05) is 51.5 Å². The van der Waals surface area contributed by atoms with E-state index in [4.69, 9.17) is 5.73 Å². The molecular weight excluding hydrogens is 534 g/mol. The second-order valence-corrected chi connectivity index (χ2v) is 11.4. The van der Waals surface area contributed by atoms with E-state index in [2.05, 4.69) is 71.6 Å². The van der Waals surface area contributed by atoms with Crippen molar-refractivity contribution in [3.05, 3.63) is 114 Å². The van der Waals surface area contributed by atoms with E-state index in [1.54, 1.807) is 24.5 Å². The van der Waals surface area contributed by atoms with Crippen LogP contribution < -0.4 is 16.0 Å². The van der Waals surface area contributed by atoms with E-state index in [0.717, 1.165) is 71.4 Å². The number of unbranched alkanes of at least 4 members (excludes halogenated alkanes) is 1. The topological polar surface area (TPSA) is 91.6 Å². The highest BCUT2D eigenvalue weighted by atomic mass is 16.2. The maximum Gasteiger partial charge on any atom is 0.257 e. The van der Waals surface area contributed by atoms with E-state index in [1.807, 2.05) is 29.2 Å². The average molecular weight is 576 g/mol. The van der Waals surface area contributed by atoms with Gasteiger partial charge >= 0.3 is 0 Å². The summed E-state index contributed by atoms with van der Waals surface area (Å²) in [4.78, 5) is 34.7. The Bertz CT molecular complexity index is 1550. The van der Waals surface area contributed by atoms with Crippen LogP contribution in [0, 0.1) is 5.92 Å². The third-order valence-electron chi connectivity index (χ3n) is 7.90. The molecule has 43 heavy (non-hydrogen) atoms. The van der Waals surface area contributed by atoms with Gasteiger partial charge in [-0.05, 0) is 77.4 Å². The zero-order valence-electron chi connectivity index (χ0n) is 25.1. The molecule has 7 heteroatoms. The van der Waals surface area contributed by atoms with Gasteiger partial charge in [-0.15, -0.1) is 0 Å². The zero-order chi connectivity index (χ0) is 30.2. The van der Waals surface area contributed by atoms with Gasteiger partial charge in [-0.3, -0.25) is 14.6 Å². The summed E-state index contributed by atoms with van der Waals surface area (Å²) in [6.07, 6.45) is 7.30. The molecule has 1 aromatic heterocycles. The molecular formula is C36H41N5O2. The molecule has 1 heterocycles. The minimum atomic E-state index is -0.197. The second-order valence-electron chi connectivity index (χ2n) is 11.4. The van der Waals surface area contributed by atoms with Crippen LogP contribution in [0.4, 0.5) is 11.4 Å². The van der Waals surface area contributed by atoms with Crippen LogP contribution in [0.5, 0.6) is 0 Å². The summed E-state index contributed by atoms with van der Waals surface area (Å²) in [5.74, 6) is 0.143. The summed E-state index contributed by atoms with van der Waals surface area (Å²) in [6, 6.07) is 26.2. The van der Waals surface area contributed by atoms with E-state index in [1.165, 1.54) is 0 Å². The van der Waals surface area contributed by atoms with Crippen molar-refractivity contribution in [3.8, 4) is 11.1 Å². The van der Waals surface area contributed by atoms with Gasteiger partial charge in [0.2, 0.25) is 5.91 Å². The fourth-order valence-electron chi connectivity index (χ4n) is 5.30. The molecule has 0 radical (unpaired) electrons. The first-order valence-corrected chi connectivity index (χ1v) is 15.2. The number of hydrogen-bond donors (Lipinski definition) is 2. The lowest BCUT2D eigenvalue weighted by atomic mass is 10.0. The molecule has 1 saturated carbocycles. The maximum absolute atomic E-state index is 13.3. The van der Waals surface area contributed by atoms with Crippen molar-refractivity contribution in [2.45, 2.75) is 52.2 Å². The summed E-state index contributed by atoms with van der Waals surface area (Å²) >= 11 is 0. The summed E-state index contributed by atoms with van der Waals surface area (Å²) < 4.78 is 0.